The largest absolute Gasteiger partial charge is 0.496 e. The first-order chi connectivity index (χ1) is 10.7. The molecule has 1 aromatic rings. The summed E-state index contributed by atoms with van der Waals surface area (Å²) in [6.45, 7) is 1.81. The molecule has 1 aliphatic heterocycles. The van der Waals surface area contributed by atoms with Crippen LogP contribution in [0.2, 0.25) is 0 Å². The zero-order valence-electron chi connectivity index (χ0n) is 14.0. The lowest BCUT2D eigenvalue weighted by Crippen LogP contribution is -2.21. The SMILES string of the molecule is COc1cc(C2CC(CN)CN2C)c(OC)c2c1CCCC2. The molecule has 2 aliphatic rings. The van der Waals surface area contributed by atoms with Crippen molar-refractivity contribution in [3.63, 3.8) is 0 Å². The summed E-state index contributed by atoms with van der Waals surface area (Å²) in [6, 6.07) is 2.59. The Morgan fingerprint density at radius 3 is 2.50 bits per heavy atom. The molecular formula is C18H28N2O2. The average Bonchev–Trinajstić information content (AvgIpc) is 2.94. The predicted octanol–water partition coefficient (Wildman–Crippen LogP) is 2.53. The molecule has 1 heterocycles. The number of ether oxygens (including phenoxy) is 2. The number of hydrogen-bond donors (Lipinski definition) is 1. The fourth-order valence-corrected chi connectivity index (χ4v) is 4.21. The van der Waals surface area contributed by atoms with Crippen LogP contribution >= 0.6 is 0 Å². The molecule has 1 fully saturated rings. The first-order valence-corrected chi connectivity index (χ1v) is 8.36. The van der Waals surface area contributed by atoms with Gasteiger partial charge in [0.15, 0.2) is 0 Å². The van der Waals surface area contributed by atoms with Gasteiger partial charge in [0.25, 0.3) is 0 Å². The summed E-state index contributed by atoms with van der Waals surface area (Å²) in [5.74, 6) is 2.70. The van der Waals surface area contributed by atoms with Gasteiger partial charge in [-0.2, -0.15) is 0 Å². The van der Waals surface area contributed by atoms with Crippen molar-refractivity contribution >= 4 is 0 Å². The molecule has 3 rings (SSSR count). The van der Waals surface area contributed by atoms with Gasteiger partial charge in [-0.05, 0) is 57.7 Å². The Morgan fingerprint density at radius 2 is 1.91 bits per heavy atom. The van der Waals surface area contributed by atoms with E-state index in [9.17, 15) is 0 Å². The van der Waals surface area contributed by atoms with Gasteiger partial charge in [-0.1, -0.05) is 0 Å². The molecule has 4 nitrogen and oxygen atoms in total. The number of fused-ring (bicyclic) bond motifs is 1. The third-order valence-corrected chi connectivity index (χ3v) is 5.34. The first-order valence-electron chi connectivity index (χ1n) is 8.36. The number of rotatable bonds is 4. The summed E-state index contributed by atoms with van der Waals surface area (Å²) >= 11 is 0. The van der Waals surface area contributed by atoms with Crippen molar-refractivity contribution in [3.8, 4) is 11.5 Å². The Balaban J connectivity index is 2.07. The summed E-state index contributed by atoms with van der Waals surface area (Å²) in [5.41, 5.74) is 9.89. The molecule has 0 spiro atoms. The predicted molar refractivity (Wildman–Crippen MR) is 88.7 cm³/mol. The first kappa shape index (κ1) is 15.6. The summed E-state index contributed by atoms with van der Waals surface area (Å²) in [6.07, 6.45) is 5.78. The lowest BCUT2D eigenvalue weighted by molar-refractivity contribution is 0.299. The van der Waals surface area contributed by atoms with Gasteiger partial charge in [0, 0.05) is 29.3 Å². The Kier molecular flexibility index (Phi) is 4.59. The molecule has 4 heteroatoms. The molecular weight excluding hydrogens is 276 g/mol. The minimum absolute atomic E-state index is 0.379. The number of nitrogens with two attached hydrogens (primary N) is 1. The highest BCUT2D eigenvalue weighted by Gasteiger charge is 2.34. The number of nitrogens with zero attached hydrogens (tertiary/aromatic N) is 1. The van der Waals surface area contributed by atoms with E-state index in [1.807, 2.05) is 0 Å². The lowest BCUT2D eigenvalue weighted by atomic mass is 9.86. The van der Waals surface area contributed by atoms with Gasteiger partial charge in [-0.25, -0.2) is 0 Å². The van der Waals surface area contributed by atoms with E-state index in [0.717, 1.165) is 43.9 Å². The fraction of sp³-hybridized carbons (Fsp3) is 0.667. The van der Waals surface area contributed by atoms with Gasteiger partial charge in [0.2, 0.25) is 0 Å². The minimum Gasteiger partial charge on any atom is -0.496 e. The van der Waals surface area contributed by atoms with Crippen molar-refractivity contribution < 1.29 is 9.47 Å². The van der Waals surface area contributed by atoms with Crippen LogP contribution in [-0.4, -0.2) is 39.3 Å². The van der Waals surface area contributed by atoms with Gasteiger partial charge in [-0.3, -0.25) is 4.90 Å². The van der Waals surface area contributed by atoms with Crippen LogP contribution in [0.4, 0.5) is 0 Å². The molecule has 2 unspecified atom stereocenters. The topological polar surface area (TPSA) is 47.7 Å². The number of methoxy groups -OCH3 is 2. The minimum atomic E-state index is 0.379. The maximum absolute atomic E-state index is 5.89. The number of benzene rings is 1. The van der Waals surface area contributed by atoms with Crippen molar-refractivity contribution in [3.05, 3.63) is 22.8 Å². The lowest BCUT2D eigenvalue weighted by Gasteiger charge is -2.28. The second-order valence-electron chi connectivity index (χ2n) is 6.66. The van der Waals surface area contributed by atoms with E-state index in [-0.39, 0.29) is 0 Å². The molecule has 1 aromatic carbocycles. The average molecular weight is 304 g/mol. The molecule has 0 aromatic heterocycles. The number of hydrogen-bond acceptors (Lipinski definition) is 4. The van der Waals surface area contributed by atoms with Crippen molar-refractivity contribution in [1.82, 2.24) is 4.90 Å². The molecule has 1 aliphatic carbocycles. The van der Waals surface area contributed by atoms with Crippen molar-refractivity contribution in [1.29, 1.82) is 0 Å². The second-order valence-corrected chi connectivity index (χ2v) is 6.66. The highest BCUT2D eigenvalue weighted by molar-refractivity contribution is 5.56. The summed E-state index contributed by atoms with van der Waals surface area (Å²) in [4.78, 5) is 2.41. The third-order valence-electron chi connectivity index (χ3n) is 5.34. The molecule has 0 amide bonds. The highest BCUT2D eigenvalue weighted by Crippen LogP contribution is 2.45. The molecule has 0 saturated carbocycles. The van der Waals surface area contributed by atoms with Crippen LogP contribution in [-0.2, 0) is 12.8 Å². The summed E-state index contributed by atoms with van der Waals surface area (Å²) in [7, 11) is 5.77. The quantitative estimate of drug-likeness (QED) is 0.928. The smallest absolute Gasteiger partial charge is 0.127 e. The normalized spacial score (nSPS) is 25.1. The highest BCUT2D eigenvalue weighted by atomic mass is 16.5. The van der Waals surface area contributed by atoms with Gasteiger partial charge >= 0.3 is 0 Å². The zero-order chi connectivity index (χ0) is 15.7. The van der Waals surface area contributed by atoms with E-state index in [1.165, 1.54) is 29.5 Å². The van der Waals surface area contributed by atoms with Crippen LogP contribution in [0, 0.1) is 5.92 Å². The van der Waals surface area contributed by atoms with Gasteiger partial charge in [0.05, 0.1) is 14.2 Å². The fourth-order valence-electron chi connectivity index (χ4n) is 4.21. The molecule has 2 N–H and O–H groups in total. The van der Waals surface area contributed by atoms with Crippen LogP contribution < -0.4 is 15.2 Å². The van der Waals surface area contributed by atoms with Crippen LogP contribution in [0.1, 0.15) is 42.0 Å². The molecule has 0 radical (unpaired) electrons. The Labute approximate surface area is 133 Å². The molecule has 1 saturated heterocycles. The van der Waals surface area contributed by atoms with Crippen LogP contribution in [0.3, 0.4) is 0 Å². The zero-order valence-corrected chi connectivity index (χ0v) is 14.0. The van der Waals surface area contributed by atoms with Crippen molar-refractivity contribution in [2.24, 2.45) is 11.7 Å². The van der Waals surface area contributed by atoms with Crippen LogP contribution in [0.5, 0.6) is 11.5 Å². The molecule has 2 atom stereocenters. The van der Waals surface area contributed by atoms with E-state index < -0.39 is 0 Å². The van der Waals surface area contributed by atoms with Gasteiger partial charge in [0.1, 0.15) is 11.5 Å². The molecule has 122 valence electrons. The van der Waals surface area contributed by atoms with E-state index in [1.54, 1.807) is 14.2 Å². The van der Waals surface area contributed by atoms with E-state index >= 15 is 0 Å². The van der Waals surface area contributed by atoms with E-state index in [0.29, 0.717) is 12.0 Å². The van der Waals surface area contributed by atoms with Crippen molar-refractivity contribution in [2.75, 3.05) is 34.4 Å². The summed E-state index contributed by atoms with van der Waals surface area (Å²) in [5, 5.41) is 0. The van der Waals surface area contributed by atoms with E-state index in [2.05, 4.69) is 18.0 Å². The maximum Gasteiger partial charge on any atom is 0.127 e. The molecule has 22 heavy (non-hydrogen) atoms. The Bertz CT molecular complexity index is 544. The Morgan fingerprint density at radius 1 is 1.18 bits per heavy atom. The van der Waals surface area contributed by atoms with Gasteiger partial charge < -0.3 is 15.2 Å². The van der Waals surface area contributed by atoms with Crippen LogP contribution in [0.15, 0.2) is 6.07 Å². The Hall–Kier alpha value is -1.26. The maximum atomic E-state index is 5.89. The van der Waals surface area contributed by atoms with Crippen LogP contribution in [0.25, 0.3) is 0 Å². The number of likely N-dealkylation sites (tertiary alicyclic amines) is 1. The third kappa shape index (κ3) is 2.59. The molecule has 0 bridgehead atoms. The van der Waals surface area contributed by atoms with Gasteiger partial charge in [-0.15, -0.1) is 0 Å². The van der Waals surface area contributed by atoms with E-state index in [4.69, 9.17) is 15.2 Å². The standard InChI is InChI=1S/C18H28N2O2/c1-20-11-12(10-19)8-16(20)15-9-17(21-2)13-6-4-5-7-14(13)18(15)22-3/h9,12,16H,4-8,10-11,19H2,1-3H3. The monoisotopic (exact) mass is 304 g/mol. The van der Waals surface area contributed by atoms with Crippen molar-refractivity contribution in [2.45, 2.75) is 38.1 Å². The summed E-state index contributed by atoms with van der Waals surface area (Å²) < 4.78 is 11.6. The second kappa shape index (κ2) is 6.47.